The molecule has 0 amide bonds. The number of aromatic nitrogens is 3. The van der Waals surface area contributed by atoms with Crippen LogP contribution in [0.15, 0.2) is 41.4 Å². The van der Waals surface area contributed by atoms with Crippen molar-refractivity contribution in [2.45, 2.75) is 0 Å². The van der Waals surface area contributed by atoms with Crippen LogP contribution in [0.4, 0.5) is 8.78 Å². The summed E-state index contributed by atoms with van der Waals surface area (Å²) in [6, 6.07) is 5.45. The summed E-state index contributed by atoms with van der Waals surface area (Å²) in [7, 11) is 0. The van der Waals surface area contributed by atoms with Gasteiger partial charge in [0.05, 0.1) is 5.52 Å². The molecule has 2 aromatic heterocycles. The molecule has 2 heterocycles. The second kappa shape index (κ2) is 4.13. The quantitative estimate of drug-likeness (QED) is 0.689. The summed E-state index contributed by atoms with van der Waals surface area (Å²) < 4.78 is 28.5. The van der Waals surface area contributed by atoms with Crippen molar-refractivity contribution in [2.24, 2.45) is 0 Å². The lowest BCUT2D eigenvalue weighted by molar-refractivity contribution is 0.509. The molecule has 0 saturated heterocycles. The van der Waals surface area contributed by atoms with E-state index in [-0.39, 0.29) is 0 Å². The molecule has 0 fully saturated rings. The van der Waals surface area contributed by atoms with Crippen molar-refractivity contribution >= 4 is 21.4 Å². The molecular weight excluding hydrogens is 304 g/mol. The minimum Gasteiger partial charge on any atom is -0.282 e. The first-order valence-corrected chi connectivity index (χ1v) is 5.89. The van der Waals surface area contributed by atoms with E-state index in [4.69, 9.17) is 0 Å². The predicted molar refractivity (Wildman–Crippen MR) is 66.0 cm³/mol. The maximum Gasteiger partial charge on any atom is 0.159 e. The third-order valence-electron chi connectivity index (χ3n) is 2.58. The number of benzene rings is 1. The minimum absolute atomic E-state index is 0.489. The second-order valence-electron chi connectivity index (χ2n) is 3.69. The first-order chi connectivity index (χ1) is 8.66. The number of imidazole rings is 1. The molecule has 18 heavy (non-hydrogen) atoms. The van der Waals surface area contributed by atoms with Crippen molar-refractivity contribution in [3.05, 3.63) is 53.0 Å². The van der Waals surface area contributed by atoms with Crippen molar-refractivity contribution in [2.75, 3.05) is 0 Å². The number of hydrogen-bond donors (Lipinski definition) is 0. The van der Waals surface area contributed by atoms with Gasteiger partial charge in [-0.25, -0.2) is 18.7 Å². The van der Waals surface area contributed by atoms with E-state index < -0.39 is 11.6 Å². The fourth-order valence-corrected chi connectivity index (χ4v) is 2.23. The van der Waals surface area contributed by atoms with Gasteiger partial charge in [-0.05, 0) is 40.2 Å². The Labute approximate surface area is 109 Å². The van der Waals surface area contributed by atoms with Gasteiger partial charge in [0.1, 0.15) is 16.8 Å². The van der Waals surface area contributed by atoms with Crippen molar-refractivity contribution in [3.8, 4) is 11.4 Å². The molecule has 0 radical (unpaired) electrons. The van der Waals surface area contributed by atoms with E-state index in [0.717, 1.165) is 17.6 Å². The summed E-state index contributed by atoms with van der Waals surface area (Å²) in [6.45, 7) is 0. The lowest BCUT2D eigenvalue weighted by Gasteiger charge is -2.01. The summed E-state index contributed by atoms with van der Waals surface area (Å²) in [5, 5.41) is 0. The van der Waals surface area contributed by atoms with Gasteiger partial charge in [-0.1, -0.05) is 0 Å². The summed E-state index contributed by atoms with van der Waals surface area (Å²) in [6.07, 6.45) is 3.21. The number of rotatable bonds is 1. The van der Waals surface area contributed by atoms with Gasteiger partial charge in [0, 0.05) is 11.8 Å². The molecule has 0 atom stereocenters. The van der Waals surface area contributed by atoms with Crippen LogP contribution >= 0.6 is 15.9 Å². The molecule has 1 aromatic carbocycles. The summed E-state index contributed by atoms with van der Waals surface area (Å²) in [5.41, 5.74) is 1.30. The summed E-state index contributed by atoms with van der Waals surface area (Å²) in [5.74, 6) is -1.27. The first kappa shape index (κ1) is 11.3. The molecule has 0 bridgehead atoms. The van der Waals surface area contributed by atoms with E-state index in [2.05, 4.69) is 25.9 Å². The normalized spacial score (nSPS) is 11.1. The molecule has 90 valence electrons. The molecule has 3 nitrogen and oxygen atoms in total. The highest BCUT2D eigenvalue weighted by molar-refractivity contribution is 9.10. The van der Waals surface area contributed by atoms with E-state index in [1.54, 1.807) is 23.0 Å². The Morgan fingerprint density at radius 2 is 1.94 bits per heavy atom. The van der Waals surface area contributed by atoms with Crippen molar-refractivity contribution in [1.29, 1.82) is 0 Å². The van der Waals surface area contributed by atoms with E-state index in [1.165, 1.54) is 6.07 Å². The number of halogens is 3. The third kappa shape index (κ3) is 1.69. The zero-order valence-electron chi connectivity index (χ0n) is 8.94. The molecule has 3 aromatic rings. The molecule has 0 aliphatic carbocycles. The van der Waals surface area contributed by atoms with Crippen LogP contribution in [0.2, 0.25) is 0 Å². The van der Waals surface area contributed by atoms with Gasteiger partial charge in [0.25, 0.3) is 0 Å². The molecular formula is C12H6BrF2N3. The van der Waals surface area contributed by atoms with E-state index in [1.807, 2.05) is 0 Å². The molecule has 0 N–H and O–H groups in total. The first-order valence-electron chi connectivity index (χ1n) is 5.10. The van der Waals surface area contributed by atoms with Gasteiger partial charge in [-0.15, -0.1) is 0 Å². The fraction of sp³-hybridized carbons (Fsp3) is 0. The lowest BCUT2D eigenvalue weighted by atomic mass is 10.2. The Hall–Kier alpha value is -1.82. The summed E-state index contributed by atoms with van der Waals surface area (Å²) in [4.78, 5) is 8.27. The lowest BCUT2D eigenvalue weighted by Crippen LogP contribution is -1.92. The average Bonchev–Trinajstić information content (AvgIpc) is 2.71. The van der Waals surface area contributed by atoms with Crippen LogP contribution in [-0.2, 0) is 0 Å². The predicted octanol–water partition coefficient (Wildman–Crippen LogP) is 3.44. The molecule has 0 aliphatic rings. The van der Waals surface area contributed by atoms with Gasteiger partial charge in [-0.2, -0.15) is 0 Å². The molecule has 0 unspecified atom stereocenters. The molecule has 0 spiro atoms. The molecule has 6 heteroatoms. The van der Waals surface area contributed by atoms with Crippen LogP contribution in [0.3, 0.4) is 0 Å². The maximum absolute atomic E-state index is 13.2. The fourth-order valence-electron chi connectivity index (χ4n) is 1.74. The third-order valence-corrected chi connectivity index (χ3v) is 3.17. The maximum atomic E-state index is 13.2. The Bertz CT molecular complexity index is 739. The van der Waals surface area contributed by atoms with E-state index >= 15 is 0 Å². The number of nitrogens with zero attached hydrogens (tertiary/aromatic N) is 3. The summed E-state index contributed by atoms with van der Waals surface area (Å²) >= 11 is 3.32. The number of hydrogen-bond acceptors (Lipinski definition) is 2. The van der Waals surface area contributed by atoms with Crippen LogP contribution in [-0.4, -0.2) is 14.4 Å². The Morgan fingerprint density at radius 3 is 2.72 bits per heavy atom. The number of fused-ring (bicyclic) bond motifs is 1. The minimum atomic E-state index is -0.899. The Kier molecular flexibility index (Phi) is 2.59. The highest BCUT2D eigenvalue weighted by Gasteiger charge is 2.12. The van der Waals surface area contributed by atoms with Gasteiger partial charge in [0.2, 0.25) is 0 Å². The zero-order chi connectivity index (χ0) is 12.7. The monoisotopic (exact) mass is 309 g/mol. The standard InChI is InChI=1S/C12H6BrF2N3/c13-11-10-3-4-16-6-18(10)12(17-11)7-1-2-8(14)9(15)5-7/h1-6H. The molecule has 3 rings (SSSR count). The Balaban J connectivity index is 2.28. The topological polar surface area (TPSA) is 30.2 Å². The van der Waals surface area contributed by atoms with Crippen molar-refractivity contribution < 1.29 is 8.78 Å². The van der Waals surface area contributed by atoms with Crippen LogP contribution in [0.5, 0.6) is 0 Å². The van der Waals surface area contributed by atoms with Crippen LogP contribution in [0, 0.1) is 11.6 Å². The Morgan fingerprint density at radius 1 is 1.11 bits per heavy atom. The smallest absolute Gasteiger partial charge is 0.159 e. The SMILES string of the molecule is Fc1ccc(-c2nc(Br)c3ccncn23)cc1F. The van der Waals surface area contributed by atoms with Gasteiger partial charge in [-0.3, -0.25) is 4.40 Å². The van der Waals surface area contributed by atoms with Crippen molar-refractivity contribution in [3.63, 3.8) is 0 Å². The van der Waals surface area contributed by atoms with Crippen molar-refractivity contribution in [1.82, 2.24) is 14.4 Å². The van der Waals surface area contributed by atoms with E-state index in [0.29, 0.717) is 16.0 Å². The van der Waals surface area contributed by atoms with E-state index in [9.17, 15) is 8.78 Å². The van der Waals surface area contributed by atoms with Crippen LogP contribution < -0.4 is 0 Å². The molecule has 0 aliphatic heterocycles. The van der Waals surface area contributed by atoms with Crippen LogP contribution in [0.25, 0.3) is 16.9 Å². The molecule has 0 saturated carbocycles. The van der Waals surface area contributed by atoms with Gasteiger partial charge < -0.3 is 0 Å². The zero-order valence-corrected chi connectivity index (χ0v) is 10.5. The van der Waals surface area contributed by atoms with Gasteiger partial charge in [0.15, 0.2) is 11.6 Å². The van der Waals surface area contributed by atoms with Crippen LogP contribution in [0.1, 0.15) is 0 Å². The highest BCUT2D eigenvalue weighted by Crippen LogP contribution is 2.26. The largest absolute Gasteiger partial charge is 0.282 e. The second-order valence-corrected chi connectivity index (χ2v) is 4.44. The average molecular weight is 310 g/mol. The highest BCUT2D eigenvalue weighted by atomic mass is 79.9. The van der Waals surface area contributed by atoms with Gasteiger partial charge >= 0.3 is 0 Å².